The van der Waals surface area contributed by atoms with Crippen molar-refractivity contribution in [1.29, 1.82) is 0 Å². The van der Waals surface area contributed by atoms with E-state index in [9.17, 15) is 14.7 Å². The van der Waals surface area contributed by atoms with Gasteiger partial charge < -0.3 is 9.67 Å². The molecule has 0 radical (unpaired) electrons. The molecule has 0 spiro atoms. The van der Waals surface area contributed by atoms with Crippen molar-refractivity contribution in [1.82, 2.24) is 14.5 Å². The van der Waals surface area contributed by atoms with Crippen molar-refractivity contribution >= 4 is 18.1 Å². The van der Waals surface area contributed by atoms with Gasteiger partial charge in [-0.15, -0.1) is 0 Å². The van der Waals surface area contributed by atoms with Gasteiger partial charge in [0.05, 0.1) is 17.1 Å². The number of likely N-dealkylation sites (tertiary alicyclic amines) is 1. The highest BCUT2D eigenvalue weighted by molar-refractivity contribution is 6.06. The lowest BCUT2D eigenvalue weighted by Gasteiger charge is -2.38. The van der Waals surface area contributed by atoms with E-state index in [1.807, 2.05) is 12.4 Å². The van der Waals surface area contributed by atoms with Gasteiger partial charge in [0.2, 0.25) is 0 Å². The molecule has 1 unspecified atom stereocenters. The molecule has 0 aliphatic carbocycles. The normalized spacial score (nSPS) is 20.6. The maximum absolute atomic E-state index is 13.0. The molecule has 2 aliphatic heterocycles. The summed E-state index contributed by atoms with van der Waals surface area (Å²) in [5, 5.41) is 9.42. The van der Waals surface area contributed by atoms with Crippen LogP contribution in [0.2, 0.25) is 0 Å². The number of benzene rings is 1. The minimum atomic E-state index is -1.19. The van der Waals surface area contributed by atoms with Gasteiger partial charge in [0.15, 0.2) is 0 Å². The van der Waals surface area contributed by atoms with E-state index in [1.165, 1.54) is 11.1 Å². The van der Waals surface area contributed by atoms with Crippen molar-refractivity contribution in [3.8, 4) is 5.69 Å². The molecule has 29 heavy (non-hydrogen) atoms. The summed E-state index contributed by atoms with van der Waals surface area (Å²) in [6.07, 6.45) is 4.85. The van der Waals surface area contributed by atoms with E-state index in [-0.39, 0.29) is 17.9 Å². The quantitative estimate of drug-likeness (QED) is 0.736. The van der Waals surface area contributed by atoms with E-state index in [0.29, 0.717) is 12.0 Å². The summed E-state index contributed by atoms with van der Waals surface area (Å²) in [5.74, 6) is -0.432. The first-order valence-corrected chi connectivity index (χ1v) is 10.1. The monoisotopic (exact) mass is 393 g/mol. The van der Waals surface area contributed by atoms with Gasteiger partial charge in [-0.05, 0) is 55.2 Å². The number of rotatable bonds is 1. The molecule has 0 saturated carbocycles. The number of aromatic nitrogens is 2. The highest BCUT2D eigenvalue weighted by Gasteiger charge is 2.40. The van der Waals surface area contributed by atoms with Crippen LogP contribution in [0.25, 0.3) is 11.8 Å². The van der Waals surface area contributed by atoms with Gasteiger partial charge in [-0.3, -0.25) is 4.79 Å². The first-order valence-electron chi connectivity index (χ1n) is 10.1. The number of carboxylic acid groups (broad SMARTS) is 1. The molecule has 1 saturated heterocycles. The van der Waals surface area contributed by atoms with Gasteiger partial charge in [0.25, 0.3) is 5.91 Å². The number of carbonyl (C=O) groups excluding carboxylic acids is 1. The van der Waals surface area contributed by atoms with Crippen LogP contribution in [-0.2, 0) is 17.6 Å². The van der Waals surface area contributed by atoms with Crippen LogP contribution in [-0.4, -0.2) is 38.1 Å². The Bertz CT molecular complexity index is 1030. The Morgan fingerprint density at radius 2 is 2.03 bits per heavy atom. The fourth-order valence-corrected chi connectivity index (χ4v) is 4.58. The standard InChI is InChI=1S/C23H27N3O3/c1-14-5-7-19-15(11-14)6-8-20-18(24-13-26(19)20)12-16-17(23(2,3)4)9-10-25(21(16)27)22(28)29/h5,7,11-13,17H,6,8-10H2,1-4H3,(H,28,29). The van der Waals surface area contributed by atoms with Crippen LogP contribution in [0.5, 0.6) is 0 Å². The average molecular weight is 393 g/mol. The third kappa shape index (κ3) is 3.37. The molecule has 1 aromatic heterocycles. The molecule has 1 N–H and O–H groups in total. The van der Waals surface area contributed by atoms with E-state index in [4.69, 9.17) is 0 Å². The Balaban J connectivity index is 1.79. The molecule has 2 aliphatic rings. The van der Waals surface area contributed by atoms with Crippen molar-refractivity contribution in [3.05, 3.63) is 52.6 Å². The Morgan fingerprint density at radius 1 is 1.28 bits per heavy atom. The van der Waals surface area contributed by atoms with Crippen molar-refractivity contribution in [2.45, 2.75) is 47.0 Å². The van der Waals surface area contributed by atoms with Gasteiger partial charge in [0.1, 0.15) is 6.33 Å². The number of hydrogen-bond acceptors (Lipinski definition) is 3. The predicted octanol–water partition coefficient (Wildman–Crippen LogP) is 4.24. The van der Waals surface area contributed by atoms with Crippen LogP contribution in [0.4, 0.5) is 4.79 Å². The highest BCUT2D eigenvalue weighted by atomic mass is 16.4. The van der Waals surface area contributed by atoms with Gasteiger partial charge in [-0.1, -0.05) is 38.5 Å². The minimum absolute atomic E-state index is 0.0125. The maximum Gasteiger partial charge on any atom is 0.414 e. The van der Waals surface area contributed by atoms with Gasteiger partial charge in [0, 0.05) is 12.1 Å². The van der Waals surface area contributed by atoms with Crippen LogP contribution in [0.1, 0.15) is 49.7 Å². The van der Waals surface area contributed by atoms with E-state index >= 15 is 0 Å². The average Bonchev–Trinajstić information content (AvgIpc) is 3.05. The van der Waals surface area contributed by atoms with E-state index < -0.39 is 12.0 Å². The van der Waals surface area contributed by atoms with Gasteiger partial charge in [-0.2, -0.15) is 0 Å². The second-order valence-corrected chi connectivity index (χ2v) is 9.13. The number of aryl methyl sites for hydroxylation is 2. The molecule has 2 amide bonds. The molecular formula is C23H27N3O3. The molecular weight excluding hydrogens is 366 g/mol. The molecule has 6 nitrogen and oxygen atoms in total. The topological polar surface area (TPSA) is 75.4 Å². The summed E-state index contributed by atoms with van der Waals surface area (Å²) in [4.78, 5) is 30.0. The lowest BCUT2D eigenvalue weighted by atomic mass is 9.72. The summed E-state index contributed by atoms with van der Waals surface area (Å²) in [6, 6.07) is 6.42. The van der Waals surface area contributed by atoms with E-state index in [0.717, 1.165) is 34.8 Å². The van der Waals surface area contributed by atoms with Crippen LogP contribution >= 0.6 is 0 Å². The second kappa shape index (κ2) is 6.87. The summed E-state index contributed by atoms with van der Waals surface area (Å²) in [7, 11) is 0. The number of nitrogens with zero attached hydrogens (tertiary/aromatic N) is 3. The molecule has 4 rings (SSSR count). The second-order valence-electron chi connectivity index (χ2n) is 9.13. The molecule has 2 aromatic rings. The number of piperidine rings is 1. The Hall–Kier alpha value is -2.89. The fourth-order valence-electron chi connectivity index (χ4n) is 4.58. The molecule has 0 bridgehead atoms. The van der Waals surface area contributed by atoms with Crippen molar-refractivity contribution in [2.75, 3.05) is 6.54 Å². The lowest BCUT2D eigenvalue weighted by molar-refractivity contribution is -0.128. The Morgan fingerprint density at radius 3 is 2.72 bits per heavy atom. The summed E-state index contributed by atoms with van der Waals surface area (Å²) >= 11 is 0. The van der Waals surface area contributed by atoms with Gasteiger partial charge in [-0.25, -0.2) is 14.7 Å². The van der Waals surface area contributed by atoms with Gasteiger partial charge >= 0.3 is 6.09 Å². The first kappa shape index (κ1) is 19.4. The lowest BCUT2D eigenvalue weighted by Crippen LogP contribution is -2.46. The predicted molar refractivity (Wildman–Crippen MR) is 111 cm³/mol. The number of imide groups is 1. The van der Waals surface area contributed by atoms with Crippen molar-refractivity contribution in [3.63, 3.8) is 0 Å². The highest BCUT2D eigenvalue weighted by Crippen LogP contribution is 2.40. The zero-order valence-electron chi connectivity index (χ0n) is 17.4. The van der Waals surface area contributed by atoms with Crippen LogP contribution in [0.15, 0.2) is 30.1 Å². The molecule has 3 heterocycles. The molecule has 1 atom stereocenters. The number of fused-ring (bicyclic) bond motifs is 3. The Labute approximate surface area is 170 Å². The van der Waals surface area contributed by atoms with Crippen molar-refractivity contribution in [2.24, 2.45) is 11.3 Å². The SMILES string of the molecule is Cc1ccc2c(c1)CCc1c(C=C3C(=O)N(C(=O)O)CCC3C(C)(C)C)ncn1-2. The Kier molecular flexibility index (Phi) is 4.60. The molecule has 1 fully saturated rings. The molecule has 1 aromatic carbocycles. The zero-order valence-corrected chi connectivity index (χ0v) is 17.4. The number of carbonyl (C=O) groups is 2. The smallest absolute Gasteiger partial charge is 0.414 e. The summed E-state index contributed by atoms with van der Waals surface area (Å²) in [6.45, 7) is 8.61. The fraction of sp³-hybridized carbons (Fsp3) is 0.435. The first-order chi connectivity index (χ1) is 13.7. The molecule has 6 heteroatoms. The number of amides is 2. The molecule has 152 valence electrons. The van der Waals surface area contributed by atoms with Crippen molar-refractivity contribution < 1.29 is 14.7 Å². The number of hydrogen-bond donors (Lipinski definition) is 1. The largest absolute Gasteiger partial charge is 0.465 e. The van der Waals surface area contributed by atoms with E-state index in [1.54, 1.807) is 0 Å². The summed E-state index contributed by atoms with van der Waals surface area (Å²) in [5.41, 5.74) is 5.90. The maximum atomic E-state index is 13.0. The minimum Gasteiger partial charge on any atom is -0.465 e. The van der Waals surface area contributed by atoms with Crippen LogP contribution < -0.4 is 0 Å². The zero-order chi connectivity index (χ0) is 20.9. The third-order valence-electron chi connectivity index (χ3n) is 6.10. The van der Waals surface area contributed by atoms with Crippen LogP contribution in [0.3, 0.4) is 0 Å². The van der Waals surface area contributed by atoms with Crippen LogP contribution in [0, 0.1) is 18.3 Å². The third-order valence-corrected chi connectivity index (χ3v) is 6.10. The summed E-state index contributed by atoms with van der Waals surface area (Å²) < 4.78 is 2.10. The van der Waals surface area contributed by atoms with E-state index in [2.05, 4.69) is 55.4 Å². The number of imidazole rings is 1.